The van der Waals surface area contributed by atoms with Gasteiger partial charge >= 0.3 is 0 Å². The SMILES string of the molecule is COc1ccccc1N(C)c1cc(Br)nc(C(C)(C)C)n1. The number of hydrogen-bond acceptors (Lipinski definition) is 4. The number of benzene rings is 1. The fourth-order valence-corrected chi connectivity index (χ4v) is 2.32. The molecular formula is C16H20BrN3O. The van der Waals surface area contributed by atoms with Crippen LogP contribution in [0.4, 0.5) is 11.5 Å². The van der Waals surface area contributed by atoms with Crippen molar-refractivity contribution in [1.29, 1.82) is 0 Å². The van der Waals surface area contributed by atoms with E-state index in [9.17, 15) is 0 Å². The van der Waals surface area contributed by atoms with E-state index >= 15 is 0 Å². The Kier molecular flexibility index (Phi) is 4.52. The van der Waals surface area contributed by atoms with Crippen LogP contribution in [-0.2, 0) is 5.41 Å². The molecule has 4 nitrogen and oxygen atoms in total. The number of aromatic nitrogens is 2. The highest BCUT2D eigenvalue weighted by molar-refractivity contribution is 9.10. The summed E-state index contributed by atoms with van der Waals surface area (Å²) in [6.45, 7) is 6.30. The molecule has 0 N–H and O–H groups in total. The minimum Gasteiger partial charge on any atom is -0.495 e. The van der Waals surface area contributed by atoms with E-state index in [1.54, 1.807) is 7.11 Å². The summed E-state index contributed by atoms with van der Waals surface area (Å²) in [7, 11) is 3.64. The van der Waals surface area contributed by atoms with Crippen LogP contribution in [0.15, 0.2) is 34.9 Å². The first kappa shape index (κ1) is 15.8. The maximum Gasteiger partial charge on any atom is 0.142 e. The number of methoxy groups -OCH3 is 1. The highest BCUT2D eigenvalue weighted by Crippen LogP contribution is 2.33. The molecule has 112 valence electrons. The van der Waals surface area contributed by atoms with Crippen molar-refractivity contribution in [2.24, 2.45) is 0 Å². The van der Waals surface area contributed by atoms with Crippen LogP contribution in [0, 0.1) is 0 Å². The van der Waals surface area contributed by atoms with E-state index in [4.69, 9.17) is 4.74 Å². The van der Waals surface area contributed by atoms with Crippen LogP contribution in [0.2, 0.25) is 0 Å². The smallest absolute Gasteiger partial charge is 0.142 e. The van der Waals surface area contributed by atoms with Crippen molar-refractivity contribution in [3.63, 3.8) is 0 Å². The monoisotopic (exact) mass is 349 g/mol. The molecule has 0 atom stereocenters. The van der Waals surface area contributed by atoms with Gasteiger partial charge in [0.1, 0.15) is 22.0 Å². The topological polar surface area (TPSA) is 38.2 Å². The normalized spacial score (nSPS) is 11.3. The van der Waals surface area contributed by atoms with Gasteiger partial charge in [0.05, 0.1) is 12.8 Å². The minimum absolute atomic E-state index is 0.111. The third-order valence-corrected chi connectivity index (χ3v) is 3.55. The summed E-state index contributed by atoms with van der Waals surface area (Å²) in [6.07, 6.45) is 0. The van der Waals surface area contributed by atoms with Crippen LogP contribution >= 0.6 is 15.9 Å². The summed E-state index contributed by atoms with van der Waals surface area (Å²) in [5, 5.41) is 0. The van der Waals surface area contributed by atoms with Crippen molar-refractivity contribution in [2.75, 3.05) is 19.1 Å². The van der Waals surface area contributed by atoms with Gasteiger partial charge in [-0.05, 0) is 28.1 Å². The Hall–Kier alpha value is -1.62. The van der Waals surface area contributed by atoms with E-state index in [1.165, 1.54) is 0 Å². The lowest BCUT2D eigenvalue weighted by atomic mass is 9.96. The Balaban J connectivity index is 2.48. The molecule has 0 saturated heterocycles. The van der Waals surface area contributed by atoms with Crippen molar-refractivity contribution >= 4 is 27.4 Å². The van der Waals surface area contributed by atoms with Crippen molar-refractivity contribution in [2.45, 2.75) is 26.2 Å². The number of halogens is 1. The van der Waals surface area contributed by atoms with Crippen LogP contribution in [0.1, 0.15) is 26.6 Å². The first-order valence-electron chi connectivity index (χ1n) is 6.74. The third-order valence-electron chi connectivity index (χ3n) is 3.14. The summed E-state index contributed by atoms with van der Waals surface area (Å²) in [5.41, 5.74) is 0.852. The van der Waals surface area contributed by atoms with E-state index in [1.807, 2.05) is 42.3 Å². The van der Waals surface area contributed by atoms with Crippen molar-refractivity contribution < 1.29 is 4.74 Å². The molecule has 0 amide bonds. The highest BCUT2D eigenvalue weighted by atomic mass is 79.9. The Morgan fingerprint density at radius 2 is 1.81 bits per heavy atom. The molecule has 0 bridgehead atoms. The molecule has 1 aromatic carbocycles. The molecule has 0 spiro atoms. The molecule has 5 heteroatoms. The second-order valence-electron chi connectivity index (χ2n) is 5.85. The minimum atomic E-state index is -0.111. The zero-order valence-electron chi connectivity index (χ0n) is 13.0. The lowest BCUT2D eigenvalue weighted by Gasteiger charge is -2.23. The van der Waals surface area contributed by atoms with Crippen molar-refractivity contribution in [3.8, 4) is 5.75 Å². The van der Waals surface area contributed by atoms with Gasteiger partial charge in [-0.15, -0.1) is 0 Å². The van der Waals surface area contributed by atoms with Crippen LogP contribution in [0.5, 0.6) is 5.75 Å². The lowest BCUT2D eigenvalue weighted by molar-refractivity contribution is 0.415. The van der Waals surface area contributed by atoms with Gasteiger partial charge in [-0.2, -0.15) is 0 Å². The zero-order chi connectivity index (χ0) is 15.6. The van der Waals surface area contributed by atoms with Crippen LogP contribution in [-0.4, -0.2) is 24.1 Å². The van der Waals surface area contributed by atoms with Crippen LogP contribution in [0.25, 0.3) is 0 Å². The molecule has 0 fully saturated rings. The fraction of sp³-hybridized carbons (Fsp3) is 0.375. The molecular weight excluding hydrogens is 330 g/mol. The summed E-state index contributed by atoms with van der Waals surface area (Å²) in [6, 6.07) is 9.78. The maximum atomic E-state index is 5.42. The fourth-order valence-electron chi connectivity index (χ4n) is 1.94. The van der Waals surface area contributed by atoms with Gasteiger partial charge in [0.25, 0.3) is 0 Å². The summed E-state index contributed by atoms with van der Waals surface area (Å²) in [4.78, 5) is 11.2. The predicted molar refractivity (Wildman–Crippen MR) is 89.5 cm³/mol. The summed E-state index contributed by atoms with van der Waals surface area (Å²) < 4.78 is 6.20. The Morgan fingerprint density at radius 3 is 2.43 bits per heavy atom. The van der Waals surface area contributed by atoms with E-state index in [-0.39, 0.29) is 5.41 Å². The molecule has 0 radical (unpaired) electrons. The molecule has 0 saturated carbocycles. The van der Waals surface area contributed by atoms with Crippen molar-refractivity contribution in [3.05, 3.63) is 40.8 Å². The summed E-state index contributed by atoms with van der Waals surface area (Å²) in [5.74, 6) is 2.44. The van der Waals surface area contributed by atoms with Gasteiger partial charge in [0.2, 0.25) is 0 Å². The van der Waals surface area contributed by atoms with Crippen molar-refractivity contribution in [1.82, 2.24) is 9.97 Å². The average molecular weight is 350 g/mol. The molecule has 0 aliphatic rings. The average Bonchev–Trinajstić information content (AvgIpc) is 2.45. The lowest BCUT2D eigenvalue weighted by Crippen LogP contribution is -2.20. The van der Waals surface area contributed by atoms with E-state index < -0.39 is 0 Å². The maximum absolute atomic E-state index is 5.42. The quantitative estimate of drug-likeness (QED) is 0.773. The Labute approximate surface area is 134 Å². The highest BCUT2D eigenvalue weighted by Gasteiger charge is 2.20. The third kappa shape index (κ3) is 3.53. The molecule has 21 heavy (non-hydrogen) atoms. The molecule has 2 aromatic rings. The molecule has 0 unspecified atom stereocenters. The summed E-state index contributed by atoms with van der Waals surface area (Å²) >= 11 is 3.47. The first-order valence-corrected chi connectivity index (χ1v) is 7.54. The number of ether oxygens (including phenoxy) is 1. The second kappa shape index (κ2) is 6.02. The van der Waals surface area contributed by atoms with Gasteiger partial charge in [-0.25, -0.2) is 9.97 Å². The number of nitrogens with zero attached hydrogens (tertiary/aromatic N) is 3. The van der Waals surface area contributed by atoms with E-state index in [2.05, 4.69) is 46.7 Å². The molecule has 1 heterocycles. The number of hydrogen-bond donors (Lipinski definition) is 0. The van der Waals surface area contributed by atoms with Gasteiger partial charge in [0, 0.05) is 18.5 Å². The second-order valence-corrected chi connectivity index (χ2v) is 6.67. The number of rotatable bonds is 3. The van der Waals surface area contributed by atoms with Gasteiger partial charge < -0.3 is 9.64 Å². The van der Waals surface area contributed by atoms with E-state index in [0.29, 0.717) is 0 Å². The first-order chi connectivity index (χ1) is 9.82. The van der Waals surface area contributed by atoms with Crippen LogP contribution < -0.4 is 9.64 Å². The van der Waals surface area contributed by atoms with Gasteiger partial charge in [0.15, 0.2) is 0 Å². The Morgan fingerprint density at radius 1 is 1.14 bits per heavy atom. The predicted octanol–water partition coefficient (Wildman–Crippen LogP) is 4.31. The van der Waals surface area contributed by atoms with Crippen LogP contribution in [0.3, 0.4) is 0 Å². The molecule has 1 aromatic heterocycles. The Bertz CT molecular complexity index is 638. The molecule has 0 aliphatic carbocycles. The zero-order valence-corrected chi connectivity index (χ0v) is 14.6. The number of anilines is 2. The molecule has 0 aliphatic heterocycles. The van der Waals surface area contributed by atoms with Gasteiger partial charge in [-0.3, -0.25) is 0 Å². The largest absolute Gasteiger partial charge is 0.495 e. The van der Waals surface area contributed by atoms with E-state index in [0.717, 1.165) is 27.7 Å². The molecule has 2 rings (SSSR count). The van der Waals surface area contributed by atoms with Gasteiger partial charge in [-0.1, -0.05) is 32.9 Å². The number of para-hydroxylation sites is 2. The standard InChI is InChI=1S/C16H20BrN3O/c1-16(2,3)15-18-13(17)10-14(19-15)20(4)11-8-6-7-9-12(11)21-5/h6-10H,1-5H3.